The van der Waals surface area contributed by atoms with Gasteiger partial charge < -0.3 is 5.32 Å². The van der Waals surface area contributed by atoms with E-state index in [1.807, 2.05) is 10.9 Å². The molecule has 0 spiro atoms. The first-order chi connectivity index (χ1) is 9.67. The lowest BCUT2D eigenvalue weighted by atomic mass is 9.86. The third-order valence-corrected chi connectivity index (χ3v) is 3.40. The molecule has 0 unspecified atom stereocenters. The summed E-state index contributed by atoms with van der Waals surface area (Å²) >= 11 is 0. The number of hydrogen-bond acceptors (Lipinski definition) is 2. The van der Waals surface area contributed by atoms with Crippen molar-refractivity contribution < 1.29 is 0 Å². The Labute approximate surface area is 128 Å². The Morgan fingerprint density at radius 3 is 2.29 bits per heavy atom. The first-order valence-electron chi connectivity index (χ1n) is 7.56. The summed E-state index contributed by atoms with van der Waals surface area (Å²) in [6.45, 7) is 14.0. The van der Waals surface area contributed by atoms with E-state index in [1.165, 1.54) is 5.56 Å². The van der Waals surface area contributed by atoms with Gasteiger partial charge in [-0.1, -0.05) is 39.0 Å². The lowest BCUT2D eigenvalue weighted by molar-refractivity contribution is 0.420. The van der Waals surface area contributed by atoms with E-state index >= 15 is 0 Å². The summed E-state index contributed by atoms with van der Waals surface area (Å²) in [5.41, 5.74) is 3.74. The minimum atomic E-state index is 0.104. The van der Waals surface area contributed by atoms with Gasteiger partial charge in [0, 0.05) is 18.3 Å². The van der Waals surface area contributed by atoms with E-state index in [4.69, 9.17) is 5.10 Å². The molecule has 0 saturated heterocycles. The maximum Gasteiger partial charge on any atom is 0.0767 e. The normalized spacial score (nSPS) is 12.7. The second kappa shape index (κ2) is 5.64. The molecule has 0 radical (unpaired) electrons. The summed E-state index contributed by atoms with van der Waals surface area (Å²) in [5, 5.41) is 8.18. The quantitative estimate of drug-likeness (QED) is 0.921. The Balaban J connectivity index is 2.26. The molecule has 1 aromatic heterocycles. The summed E-state index contributed by atoms with van der Waals surface area (Å²) in [4.78, 5) is 0. The van der Waals surface area contributed by atoms with Crippen molar-refractivity contribution in [2.24, 2.45) is 0 Å². The maximum absolute atomic E-state index is 4.71. The zero-order valence-electron chi connectivity index (χ0n) is 14.1. The van der Waals surface area contributed by atoms with Gasteiger partial charge in [0.25, 0.3) is 0 Å². The van der Waals surface area contributed by atoms with Crippen LogP contribution in [0.1, 0.15) is 52.8 Å². The predicted octanol–water partition coefficient (Wildman–Crippen LogP) is 4.06. The fourth-order valence-electron chi connectivity index (χ4n) is 2.25. The summed E-state index contributed by atoms with van der Waals surface area (Å²) in [7, 11) is 0. The Morgan fingerprint density at radius 1 is 1.00 bits per heavy atom. The van der Waals surface area contributed by atoms with E-state index in [9.17, 15) is 0 Å². The van der Waals surface area contributed by atoms with Gasteiger partial charge in [0.05, 0.1) is 11.4 Å². The van der Waals surface area contributed by atoms with E-state index < -0.39 is 0 Å². The smallest absolute Gasteiger partial charge is 0.0767 e. The van der Waals surface area contributed by atoms with E-state index in [-0.39, 0.29) is 11.0 Å². The van der Waals surface area contributed by atoms with E-state index in [0.717, 1.165) is 17.9 Å². The van der Waals surface area contributed by atoms with Crippen LogP contribution in [0.3, 0.4) is 0 Å². The highest BCUT2D eigenvalue weighted by Crippen LogP contribution is 2.27. The molecule has 1 aromatic carbocycles. The molecule has 0 amide bonds. The molecule has 0 aliphatic carbocycles. The number of nitrogens with one attached hydrogen (secondary N) is 1. The molecule has 2 aromatic rings. The average Bonchev–Trinajstić information content (AvgIpc) is 2.83. The molecule has 0 aliphatic heterocycles. The van der Waals surface area contributed by atoms with Crippen LogP contribution in [-0.4, -0.2) is 15.3 Å². The molecular formula is C18H27N3. The number of benzene rings is 1. The number of nitrogens with zero attached hydrogens (tertiary/aromatic N) is 2. The maximum atomic E-state index is 4.71. The molecule has 1 heterocycles. The third kappa shape index (κ3) is 4.18. The van der Waals surface area contributed by atoms with Gasteiger partial charge in [-0.3, -0.25) is 0 Å². The van der Waals surface area contributed by atoms with Crippen molar-refractivity contribution in [2.75, 3.05) is 0 Å². The van der Waals surface area contributed by atoms with Crippen LogP contribution >= 0.6 is 0 Å². The van der Waals surface area contributed by atoms with Crippen LogP contribution in [0.25, 0.3) is 5.69 Å². The highest BCUT2D eigenvalue weighted by atomic mass is 15.3. The second-order valence-electron chi connectivity index (χ2n) is 7.62. The first-order valence-corrected chi connectivity index (χ1v) is 7.56. The van der Waals surface area contributed by atoms with Crippen molar-refractivity contribution in [1.29, 1.82) is 0 Å². The van der Waals surface area contributed by atoms with Crippen LogP contribution in [0.4, 0.5) is 0 Å². The number of rotatable bonds is 3. The summed E-state index contributed by atoms with van der Waals surface area (Å²) in [6, 6.07) is 10.6. The number of aromatic nitrogens is 2. The summed E-state index contributed by atoms with van der Waals surface area (Å²) in [6.07, 6.45) is 2.05. The van der Waals surface area contributed by atoms with Gasteiger partial charge in [-0.2, -0.15) is 5.10 Å². The molecule has 114 valence electrons. The van der Waals surface area contributed by atoms with E-state index in [1.54, 1.807) is 0 Å². The van der Waals surface area contributed by atoms with Gasteiger partial charge >= 0.3 is 0 Å². The van der Waals surface area contributed by atoms with Gasteiger partial charge in [-0.25, -0.2) is 4.68 Å². The summed E-state index contributed by atoms with van der Waals surface area (Å²) < 4.78 is 1.99. The third-order valence-electron chi connectivity index (χ3n) is 3.40. The molecule has 0 atom stereocenters. The van der Waals surface area contributed by atoms with Crippen LogP contribution in [0.5, 0.6) is 0 Å². The highest BCUT2D eigenvalue weighted by molar-refractivity contribution is 5.44. The van der Waals surface area contributed by atoms with Crippen molar-refractivity contribution in [3.05, 3.63) is 47.8 Å². The Morgan fingerprint density at radius 2 is 1.67 bits per heavy atom. The second-order valence-corrected chi connectivity index (χ2v) is 7.62. The van der Waals surface area contributed by atoms with Gasteiger partial charge in [0.1, 0.15) is 0 Å². The standard InChI is InChI=1S/C18H27N3/c1-17(2,3)15-9-7-8-10-16(15)21-12-11-14(20-21)13-19-18(4,5)6/h7-12,19H,13H2,1-6H3. The van der Waals surface area contributed by atoms with Crippen molar-refractivity contribution in [2.45, 2.75) is 59.0 Å². The fourth-order valence-corrected chi connectivity index (χ4v) is 2.25. The lowest BCUT2D eigenvalue weighted by Crippen LogP contribution is -2.35. The predicted molar refractivity (Wildman–Crippen MR) is 88.9 cm³/mol. The lowest BCUT2D eigenvalue weighted by Gasteiger charge is -2.22. The molecule has 3 heteroatoms. The largest absolute Gasteiger partial charge is 0.306 e. The topological polar surface area (TPSA) is 29.9 Å². The first kappa shape index (κ1) is 15.8. The van der Waals surface area contributed by atoms with Gasteiger partial charge in [0.15, 0.2) is 0 Å². The van der Waals surface area contributed by atoms with Gasteiger partial charge in [-0.15, -0.1) is 0 Å². The molecule has 1 N–H and O–H groups in total. The molecule has 21 heavy (non-hydrogen) atoms. The van der Waals surface area contributed by atoms with Gasteiger partial charge in [0.2, 0.25) is 0 Å². The van der Waals surface area contributed by atoms with Crippen LogP contribution in [0.2, 0.25) is 0 Å². The Hall–Kier alpha value is -1.61. The van der Waals surface area contributed by atoms with E-state index in [2.05, 4.69) is 77.2 Å². The molecule has 0 bridgehead atoms. The Bertz CT molecular complexity index is 597. The molecule has 0 saturated carbocycles. The number of hydrogen-bond donors (Lipinski definition) is 1. The molecule has 0 aliphatic rings. The minimum absolute atomic E-state index is 0.104. The van der Waals surface area contributed by atoms with Crippen LogP contribution in [0.15, 0.2) is 36.5 Å². The molecule has 3 nitrogen and oxygen atoms in total. The van der Waals surface area contributed by atoms with Crippen LogP contribution in [0, 0.1) is 0 Å². The molecular weight excluding hydrogens is 258 g/mol. The van der Waals surface area contributed by atoms with Crippen LogP contribution < -0.4 is 5.32 Å². The average molecular weight is 285 g/mol. The minimum Gasteiger partial charge on any atom is -0.306 e. The van der Waals surface area contributed by atoms with Crippen molar-refractivity contribution in [3.63, 3.8) is 0 Å². The fraction of sp³-hybridized carbons (Fsp3) is 0.500. The van der Waals surface area contributed by atoms with Crippen molar-refractivity contribution in [3.8, 4) is 5.69 Å². The van der Waals surface area contributed by atoms with Crippen molar-refractivity contribution >= 4 is 0 Å². The summed E-state index contributed by atoms with van der Waals surface area (Å²) in [5.74, 6) is 0. The molecule has 2 rings (SSSR count). The SMILES string of the molecule is CC(C)(C)NCc1ccn(-c2ccccc2C(C)(C)C)n1. The van der Waals surface area contributed by atoms with E-state index in [0.29, 0.717) is 0 Å². The molecule has 0 fully saturated rings. The van der Waals surface area contributed by atoms with Crippen LogP contribution in [-0.2, 0) is 12.0 Å². The highest BCUT2D eigenvalue weighted by Gasteiger charge is 2.19. The Kier molecular flexibility index (Phi) is 4.24. The number of para-hydroxylation sites is 1. The van der Waals surface area contributed by atoms with Gasteiger partial charge in [-0.05, 0) is 43.9 Å². The zero-order valence-corrected chi connectivity index (χ0v) is 14.1. The monoisotopic (exact) mass is 285 g/mol. The van der Waals surface area contributed by atoms with Crippen molar-refractivity contribution in [1.82, 2.24) is 15.1 Å². The zero-order chi connectivity index (χ0) is 15.7.